The second-order valence-corrected chi connectivity index (χ2v) is 9.31. The van der Waals surface area contributed by atoms with Crippen molar-refractivity contribution in [3.05, 3.63) is 63.9 Å². The molecule has 8 heteroatoms. The van der Waals surface area contributed by atoms with Gasteiger partial charge in [0.2, 0.25) is 0 Å². The van der Waals surface area contributed by atoms with Gasteiger partial charge in [-0.2, -0.15) is 0 Å². The SMILES string of the molecule is CCN1CCCC1CN(Cc1cc2cc3c(cc2[nH]c1=O)OCCO3)C(=O)Nc1ccc(C)cc1. The molecule has 2 aliphatic heterocycles. The second kappa shape index (κ2) is 10.00. The summed E-state index contributed by atoms with van der Waals surface area (Å²) in [7, 11) is 0. The number of hydrogen-bond acceptors (Lipinski definition) is 5. The van der Waals surface area contributed by atoms with E-state index in [2.05, 4.69) is 22.1 Å². The summed E-state index contributed by atoms with van der Waals surface area (Å²) in [6, 6.07) is 13.3. The number of pyridine rings is 1. The zero-order chi connectivity index (χ0) is 24.4. The Balaban J connectivity index is 1.43. The van der Waals surface area contributed by atoms with E-state index >= 15 is 0 Å². The highest BCUT2D eigenvalue weighted by Gasteiger charge is 2.28. The van der Waals surface area contributed by atoms with Crippen molar-refractivity contribution < 1.29 is 14.3 Å². The number of hydrogen-bond donors (Lipinski definition) is 2. The Morgan fingerprint density at radius 2 is 1.89 bits per heavy atom. The minimum atomic E-state index is -0.210. The molecule has 0 spiro atoms. The number of carbonyl (C=O) groups is 1. The van der Waals surface area contributed by atoms with Gasteiger partial charge in [-0.25, -0.2) is 4.79 Å². The van der Waals surface area contributed by atoms with E-state index in [-0.39, 0.29) is 24.2 Å². The van der Waals surface area contributed by atoms with Gasteiger partial charge in [-0.15, -0.1) is 0 Å². The molecule has 2 amide bonds. The molecule has 0 bridgehead atoms. The van der Waals surface area contributed by atoms with Gasteiger partial charge in [0.1, 0.15) is 13.2 Å². The smallest absolute Gasteiger partial charge is 0.322 e. The lowest BCUT2D eigenvalue weighted by Crippen LogP contribution is -2.45. The van der Waals surface area contributed by atoms with Gasteiger partial charge in [0, 0.05) is 35.3 Å². The van der Waals surface area contributed by atoms with Crippen molar-refractivity contribution in [3.8, 4) is 11.5 Å². The van der Waals surface area contributed by atoms with Crippen molar-refractivity contribution in [3.63, 3.8) is 0 Å². The summed E-state index contributed by atoms with van der Waals surface area (Å²) in [6.07, 6.45) is 2.16. The molecule has 2 aromatic carbocycles. The maximum atomic E-state index is 13.4. The number of nitrogens with one attached hydrogen (secondary N) is 2. The predicted molar refractivity (Wildman–Crippen MR) is 136 cm³/mol. The third kappa shape index (κ3) is 5.12. The van der Waals surface area contributed by atoms with Gasteiger partial charge in [-0.05, 0) is 57.1 Å². The highest BCUT2D eigenvalue weighted by molar-refractivity contribution is 5.89. The van der Waals surface area contributed by atoms with E-state index in [0.29, 0.717) is 42.3 Å². The maximum Gasteiger partial charge on any atom is 0.322 e. The van der Waals surface area contributed by atoms with Gasteiger partial charge in [-0.1, -0.05) is 24.6 Å². The number of amides is 2. The number of ether oxygens (including phenoxy) is 2. The van der Waals surface area contributed by atoms with E-state index in [4.69, 9.17) is 9.47 Å². The quantitative estimate of drug-likeness (QED) is 0.559. The van der Waals surface area contributed by atoms with Crippen molar-refractivity contribution in [1.82, 2.24) is 14.8 Å². The molecule has 2 aliphatic rings. The maximum absolute atomic E-state index is 13.4. The van der Waals surface area contributed by atoms with E-state index in [1.807, 2.05) is 43.3 Å². The lowest BCUT2D eigenvalue weighted by Gasteiger charge is -2.30. The minimum Gasteiger partial charge on any atom is -0.486 e. The van der Waals surface area contributed by atoms with Crippen LogP contribution in [0.3, 0.4) is 0 Å². The van der Waals surface area contributed by atoms with E-state index < -0.39 is 0 Å². The third-order valence-electron chi connectivity index (χ3n) is 6.87. The summed E-state index contributed by atoms with van der Waals surface area (Å²) < 4.78 is 11.4. The molecule has 0 aliphatic carbocycles. The molecule has 3 heterocycles. The lowest BCUT2D eigenvalue weighted by atomic mass is 10.1. The third-order valence-corrected chi connectivity index (χ3v) is 6.87. The Kier molecular flexibility index (Phi) is 6.63. The first-order valence-electron chi connectivity index (χ1n) is 12.3. The Bertz CT molecular complexity index is 1270. The van der Waals surface area contributed by atoms with E-state index in [1.54, 1.807) is 11.0 Å². The van der Waals surface area contributed by atoms with Gasteiger partial charge >= 0.3 is 6.03 Å². The topological polar surface area (TPSA) is 86.9 Å². The van der Waals surface area contributed by atoms with Gasteiger partial charge < -0.3 is 24.7 Å². The predicted octanol–water partition coefficient (Wildman–Crippen LogP) is 4.13. The lowest BCUT2D eigenvalue weighted by molar-refractivity contribution is 0.172. The van der Waals surface area contributed by atoms with Crippen LogP contribution in [0, 0.1) is 6.92 Å². The van der Waals surface area contributed by atoms with Crippen LogP contribution in [-0.2, 0) is 6.54 Å². The number of aromatic amines is 1. The number of likely N-dealkylation sites (tertiary alicyclic amines) is 1. The zero-order valence-electron chi connectivity index (χ0n) is 20.3. The summed E-state index contributed by atoms with van der Waals surface area (Å²) in [6.45, 7) is 7.90. The molecule has 2 N–H and O–H groups in total. The fourth-order valence-electron chi connectivity index (χ4n) is 4.94. The first-order valence-corrected chi connectivity index (χ1v) is 12.3. The number of rotatable bonds is 6. The van der Waals surface area contributed by atoms with Gasteiger partial charge in [-0.3, -0.25) is 9.69 Å². The molecule has 35 heavy (non-hydrogen) atoms. The molecule has 5 rings (SSSR count). The van der Waals surface area contributed by atoms with Crippen molar-refractivity contribution >= 4 is 22.6 Å². The number of carbonyl (C=O) groups excluding carboxylic acids is 1. The number of fused-ring (bicyclic) bond motifs is 2. The molecule has 1 saturated heterocycles. The molecule has 1 unspecified atom stereocenters. The average Bonchev–Trinajstić information content (AvgIpc) is 3.31. The Labute approximate surface area is 204 Å². The molecule has 0 radical (unpaired) electrons. The minimum absolute atomic E-state index is 0.207. The van der Waals surface area contributed by atoms with Crippen LogP contribution >= 0.6 is 0 Å². The van der Waals surface area contributed by atoms with Crippen LogP contribution < -0.4 is 20.3 Å². The Hall–Kier alpha value is -3.52. The molecular weight excluding hydrogens is 444 g/mol. The van der Waals surface area contributed by atoms with Crippen molar-refractivity contribution in [2.45, 2.75) is 39.3 Å². The van der Waals surface area contributed by atoms with E-state index in [9.17, 15) is 9.59 Å². The Morgan fingerprint density at radius 1 is 1.14 bits per heavy atom. The number of aromatic nitrogens is 1. The van der Waals surface area contributed by atoms with Crippen molar-refractivity contribution in [2.24, 2.45) is 0 Å². The molecule has 184 valence electrons. The van der Waals surface area contributed by atoms with Gasteiger partial charge in [0.25, 0.3) is 5.56 Å². The summed E-state index contributed by atoms with van der Waals surface area (Å²) in [4.78, 5) is 33.5. The number of nitrogens with zero attached hydrogens (tertiary/aromatic N) is 2. The van der Waals surface area contributed by atoms with E-state index in [0.717, 1.165) is 42.6 Å². The molecule has 1 fully saturated rings. The fourth-order valence-corrected chi connectivity index (χ4v) is 4.94. The molecule has 0 saturated carbocycles. The van der Waals surface area contributed by atoms with Gasteiger partial charge in [0.05, 0.1) is 12.1 Å². The van der Waals surface area contributed by atoms with Crippen molar-refractivity contribution in [2.75, 3.05) is 38.2 Å². The standard InChI is InChI=1S/C27H32N4O4/c1-3-30-10-4-5-22(30)17-31(27(33)28-21-8-6-18(2)7-9-21)16-20-13-19-14-24-25(35-12-11-34-24)15-23(19)29-26(20)32/h6-9,13-15,22H,3-5,10-12,16-17H2,1-2H3,(H,28,33)(H,29,32). The average molecular weight is 477 g/mol. The Morgan fingerprint density at radius 3 is 2.63 bits per heavy atom. The summed E-state index contributed by atoms with van der Waals surface area (Å²) >= 11 is 0. The van der Waals surface area contributed by atoms with Crippen LogP contribution in [0.25, 0.3) is 10.9 Å². The van der Waals surface area contributed by atoms with Gasteiger partial charge in [0.15, 0.2) is 11.5 Å². The molecule has 3 aromatic rings. The molecular formula is C27H32N4O4. The first kappa shape index (κ1) is 23.2. The summed E-state index contributed by atoms with van der Waals surface area (Å²) in [5.41, 5.74) is 2.88. The summed E-state index contributed by atoms with van der Waals surface area (Å²) in [5.74, 6) is 1.30. The normalized spacial score (nSPS) is 17.5. The number of urea groups is 1. The van der Waals surface area contributed by atoms with Crippen molar-refractivity contribution in [1.29, 1.82) is 0 Å². The molecule has 1 atom stereocenters. The fraction of sp³-hybridized carbons (Fsp3) is 0.407. The molecule has 8 nitrogen and oxygen atoms in total. The van der Waals surface area contributed by atoms with Crippen LogP contribution in [0.15, 0.2) is 47.3 Å². The number of likely N-dealkylation sites (N-methyl/N-ethyl adjacent to an activating group) is 1. The monoisotopic (exact) mass is 476 g/mol. The highest BCUT2D eigenvalue weighted by Crippen LogP contribution is 2.33. The number of H-pyrrole nitrogens is 1. The van der Waals surface area contributed by atoms with E-state index in [1.165, 1.54) is 0 Å². The second-order valence-electron chi connectivity index (χ2n) is 9.31. The number of aryl methyl sites for hydroxylation is 1. The molecule has 1 aromatic heterocycles. The van der Waals surface area contributed by atoms with Crippen LogP contribution in [0.4, 0.5) is 10.5 Å². The highest BCUT2D eigenvalue weighted by atomic mass is 16.6. The number of anilines is 1. The van der Waals surface area contributed by atoms with Crippen LogP contribution in [0.5, 0.6) is 11.5 Å². The first-order chi connectivity index (χ1) is 17.0. The van der Waals surface area contributed by atoms with Crippen LogP contribution in [0.1, 0.15) is 30.9 Å². The van der Waals surface area contributed by atoms with Crippen LogP contribution in [-0.4, -0.2) is 59.7 Å². The zero-order valence-corrected chi connectivity index (χ0v) is 20.3. The number of benzene rings is 2. The largest absolute Gasteiger partial charge is 0.486 e. The van der Waals surface area contributed by atoms with Crippen LogP contribution in [0.2, 0.25) is 0 Å². The summed E-state index contributed by atoms with van der Waals surface area (Å²) in [5, 5.41) is 3.86.